The van der Waals surface area contributed by atoms with Gasteiger partial charge in [-0.25, -0.2) is 4.79 Å². The van der Waals surface area contributed by atoms with E-state index in [9.17, 15) is 4.79 Å². The summed E-state index contributed by atoms with van der Waals surface area (Å²) in [6, 6.07) is 0. The molecule has 0 aliphatic heterocycles. The average molecular weight is 138 g/mol. The summed E-state index contributed by atoms with van der Waals surface area (Å²) in [5, 5.41) is 0. The first kappa shape index (κ1) is 6.71. The predicted octanol–water partition coefficient (Wildman–Crippen LogP) is 1.26. The van der Waals surface area contributed by atoms with E-state index in [-0.39, 0.29) is 0 Å². The van der Waals surface area contributed by atoms with Crippen molar-refractivity contribution in [1.29, 1.82) is 0 Å². The van der Waals surface area contributed by atoms with Crippen molar-refractivity contribution in [2.45, 2.75) is 13.8 Å². The molecule has 0 N–H and O–H groups in total. The van der Waals surface area contributed by atoms with Gasteiger partial charge in [-0.2, -0.15) is 4.98 Å². The number of rotatable bonds is 1. The third-order valence-electron chi connectivity index (χ3n) is 1.03. The van der Waals surface area contributed by atoms with Crippen LogP contribution in [-0.4, -0.2) is 11.1 Å². The van der Waals surface area contributed by atoms with Crippen LogP contribution in [0.1, 0.15) is 11.7 Å². The highest BCUT2D eigenvalue weighted by Gasteiger charge is 2.02. The molecule has 0 spiro atoms. The van der Waals surface area contributed by atoms with Crippen LogP contribution in [0.4, 0.5) is 5.82 Å². The van der Waals surface area contributed by atoms with Gasteiger partial charge in [-0.15, -0.1) is 4.99 Å². The van der Waals surface area contributed by atoms with Crippen LogP contribution in [0.2, 0.25) is 0 Å². The molecule has 52 valence electrons. The van der Waals surface area contributed by atoms with E-state index in [0.29, 0.717) is 17.5 Å². The van der Waals surface area contributed by atoms with Crippen LogP contribution >= 0.6 is 0 Å². The fourth-order valence-electron chi connectivity index (χ4n) is 0.665. The third kappa shape index (κ3) is 1.11. The molecule has 0 saturated carbocycles. The molecule has 1 aromatic rings. The molecule has 1 rings (SSSR count). The highest BCUT2D eigenvalue weighted by Crippen LogP contribution is 2.16. The molecule has 0 radical (unpaired) electrons. The van der Waals surface area contributed by atoms with Gasteiger partial charge in [0, 0.05) is 6.92 Å². The fourth-order valence-corrected chi connectivity index (χ4v) is 0.665. The number of nitrogens with zero attached hydrogens (tertiary/aromatic N) is 2. The molecule has 0 aliphatic rings. The van der Waals surface area contributed by atoms with Crippen molar-refractivity contribution in [2.75, 3.05) is 0 Å². The van der Waals surface area contributed by atoms with E-state index in [1.165, 1.54) is 6.08 Å². The zero-order chi connectivity index (χ0) is 7.56. The van der Waals surface area contributed by atoms with E-state index >= 15 is 0 Å². The van der Waals surface area contributed by atoms with Crippen LogP contribution in [-0.2, 0) is 4.79 Å². The molecule has 0 unspecified atom stereocenters. The van der Waals surface area contributed by atoms with Gasteiger partial charge < -0.3 is 4.42 Å². The number of hydrogen-bond acceptors (Lipinski definition) is 4. The molecule has 0 saturated heterocycles. The molecule has 1 aromatic heterocycles. The Morgan fingerprint density at radius 3 is 2.70 bits per heavy atom. The molecule has 4 nitrogen and oxygen atoms in total. The first-order valence-electron chi connectivity index (χ1n) is 2.76. The lowest BCUT2D eigenvalue weighted by atomic mass is 10.5. The second-order valence-corrected chi connectivity index (χ2v) is 1.82. The average Bonchev–Trinajstić information content (AvgIpc) is 2.13. The van der Waals surface area contributed by atoms with Gasteiger partial charge in [-0.05, 0) is 6.92 Å². The summed E-state index contributed by atoms with van der Waals surface area (Å²) in [6.45, 7) is 3.38. The van der Waals surface area contributed by atoms with Crippen molar-refractivity contribution in [1.82, 2.24) is 4.98 Å². The number of carbonyl (C=O) groups excluding carboxylic acids is 1. The molecule has 0 atom stereocenters. The van der Waals surface area contributed by atoms with Gasteiger partial charge in [0.1, 0.15) is 5.76 Å². The van der Waals surface area contributed by atoms with Gasteiger partial charge >= 0.3 is 0 Å². The largest absolute Gasteiger partial charge is 0.444 e. The monoisotopic (exact) mass is 138 g/mol. The molecular formula is C6H6N2O2. The standard InChI is InChI=1S/C6H6N2O2/c1-4-6(7-3-9)8-5(2)10-4/h1-2H3. The number of hydrogen-bond donors (Lipinski definition) is 0. The topological polar surface area (TPSA) is 55.5 Å². The Bertz CT molecular complexity index is 284. The van der Waals surface area contributed by atoms with Gasteiger partial charge in [-0.1, -0.05) is 0 Å². The van der Waals surface area contributed by atoms with Gasteiger partial charge in [0.15, 0.2) is 5.89 Å². The van der Waals surface area contributed by atoms with Crippen LogP contribution in [0.3, 0.4) is 0 Å². The van der Waals surface area contributed by atoms with Crippen LogP contribution < -0.4 is 0 Å². The first-order chi connectivity index (χ1) is 4.74. The summed E-state index contributed by atoms with van der Waals surface area (Å²) in [6.07, 6.45) is 1.39. The SMILES string of the molecule is Cc1nc(N=C=O)c(C)o1. The Morgan fingerprint density at radius 1 is 1.60 bits per heavy atom. The Labute approximate surface area is 57.6 Å². The lowest BCUT2D eigenvalue weighted by molar-refractivity contribution is 0.494. The normalized spacial score (nSPS) is 9.00. The molecule has 10 heavy (non-hydrogen) atoms. The second kappa shape index (κ2) is 2.45. The molecule has 0 aromatic carbocycles. The molecule has 0 fully saturated rings. The van der Waals surface area contributed by atoms with Gasteiger partial charge in [0.05, 0.1) is 0 Å². The van der Waals surface area contributed by atoms with Crippen molar-refractivity contribution in [2.24, 2.45) is 4.99 Å². The summed E-state index contributed by atoms with van der Waals surface area (Å²) in [7, 11) is 0. The van der Waals surface area contributed by atoms with Crippen LogP contribution in [0.5, 0.6) is 0 Å². The van der Waals surface area contributed by atoms with E-state index in [1.54, 1.807) is 13.8 Å². The molecule has 0 aliphatic carbocycles. The molecular weight excluding hydrogens is 132 g/mol. The summed E-state index contributed by atoms with van der Waals surface area (Å²) >= 11 is 0. The smallest absolute Gasteiger partial charge is 0.242 e. The molecule has 4 heteroatoms. The lowest BCUT2D eigenvalue weighted by Gasteiger charge is -1.77. The quantitative estimate of drug-likeness (QED) is 0.433. The summed E-state index contributed by atoms with van der Waals surface area (Å²) < 4.78 is 4.98. The Balaban J connectivity index is 3.14. The van der Waals surface area contributed by atoms with Crippen molar-refractivity contribution in [3.05, 3.63) is 11.7 Å². The Hall–Kier alpha value is -1.41. The second-order valence-electron chi connectivity index (χ2n) is 1.82. The van der Waals surface area contributed by atoms with E-state index < -0.39 is 0 Å². The van der Waals surface area contributed by atoms with E-state index in [0.717, 1.165) is 0 Å². The number of isocyanates is 1. The van der Waals surface area contributed by atoms with E-state index in [4.69, 9.17) is 4.42 Å². The predicted molar refractivity (Wildman–Crippen MR) is 33.8 cm³/mol. The van der Waals surface area contributed by atoms with Gasteiger partial charge in [0.2, 0.25) is 11.9 Å². The first-order valence-corrected chi connectivity index (χ1v) is 2.76. The number of aryl methyl sites for hydroxylation is 2. The third-order valence-corrected chi connectivity index (χ3v) is 1.03. The summed E-state index contributed by atoms with van der Waals surface area (Å²) in [4.78, 5) is 16.9. The minimum Gasteiger partial charge on any atom is -0.444 e. The summed E-state index contributed by atoms with van der Waals surface area (Å²) in [5.41, 5.74) is 0. The minimum atomic E-state index is 0.313. The van der Waals surface area contributed by atoms with Crippen molar-refractivity contribution >= 4 is 11.9 Å². The maximum absolute atomic E-state index is 9.76. The van der Waals surface area contributed by atoms with Crippen molar-refractivity contribution in [3.63, 3.8) is 0 Å². The van der Waals surface area contributed by atoms with Crippen LogP contribution in [0.15, 0.2) is 9.41 Å². The van der Waals surface area contributed by atoms with E-state index in [2.05, 4.69) is 9.98 Å². The van der Waals surface area contributed by atoms with Gasteiger partial charge in [-0.3, -0.25) is 0 Å². The molecule has 1 heterocycles. The zero-order valence-corrected chi connectivity index (χ0v) is 5.71. The van der Waals surface area contributed by atoms with Crippen LogP contribution in [0.25, 0.3) is 0 Å². The van der Waals surface area contributed by atoms with Gasteiger partial charge in [0.25, 0.3) is 0 Å². The van der Waals surface area contributed by atoms with E-state index in [1.807, 2.05) is 0 Å². The number of aliphatic imine (C=N–C) groups is 1. The minimum absolute atomic E-state index is 0.313. The zero-order valence-electron chi connectivity index (χ0n) is 5.71. The lowest BCUT2D eigenvalue weighted by Crippen LogP contribution is -1.66. The molecule has 0 bridgehead atoms. The van der Waals surface area contributed by atoms with Crippen LogP contribution in [0, 0.1) is 13.8 Å². The summed E-state index contributed by atoms with van der Waals surface area (Å²) in [5.74, 6) is 1.36. The molecule has 0 amide bonds. The Kier molecular flexibility index (Phi) is 1.65. The number of oxazole rings is 1. The maximum Gasteiger partial charge on any atom is 0.242 e. The highest BCUT2D eigenvalue weighted by atomic mass is 16.4. The Morgan fingerprint density at radius 2 is 2.30 bits per heavy atom. The van der Waals surface area contributed by atoms with Crippen molar-refractivity contribution < 1.29 is 9.21 Å². The van der Waals surface area contributed by atoms with Crippen molar-refractivity contribution in [3.8, 4) is 0 Å². The highest BCUT2D eigenvalue weighted by molar-refractivity contribution is 5.45. The maximum atomic E-state index is 9.76. The number of aromatic nitrogens is 1. The fraction of sp³-hybridized carbons (Fsp3) is 0.333.